The first-order chi connectivity index (χ1) is 7.27. The molecule has 0 radical (unpaired) electrons. The second-order valence-corrected chi connectivity index (χ2v) is 4.68. The fourth-order valence-electron chi connectivity index (χ4n) is 2.57. The van der Waals surface area contributed by atoms with Crippen LogP contribution in [0.5, 0.6) is 0 Å². The molecule has 1 amide bonds. The van der Waals surface area contributed by atoms with Gasteiger partial charge in [0.1, 0.15) is 0 Å². The van der Waals surface area contributed by atoms with Gasteiger partial charge in [-0.15, -0.1) is 0 Å². The van der Waals surface area contributed by atoms with Gasteiger partial charge in [0.05, 0.1) is 6.04 Å². The number of hydrogen-bond acceptors (Lipinski definition) is 1. The van der Waals surface area contributed by atoms with Crippen LogP contribution < -0.4 is 0 Å². The summed E-state index contributed by atoms with van der Waals surface area (Å²) in [5.74, 6) is 1.41. The normalized spacial score (nSPS) is 30.2. The number of carbonyl (C=O) groups excluding carboxylic acids is 1. The number of likely N-dealkylation sites (tertiary alicyclic amines) is 1. The second-order valence-electron chi connectivity index (χ2n) is 4.68. The highest BCUT2D eigenvalue weighted by molar-refractivity contribution is 5.84. The van der Waals surface area contributed by atoms with E-state index < -0.39 is 0 Å². The van der Waals surface area contributed by atoms with E-state index in [-0.39, 0.29) is 6.04 Å². The van der Waals surface area contributed by atoms with Crippen molar-refractivity contribution in [3.63, 3.8) is 0 Å². The minimum absolute atomic E-state index is 0.242. The number of nitrogens with zero attached hydrogens (tertiary/aromatic N) is 1. The average Bonchev–Trinajstić information content (AvgIpc) is 2.98. The quantitative estimate of drug-likeness (QED) is 0.718. The maximum Gasteiger partial charge on any atom is 0.226 e. The predicted octanol–water partition coefficient (Wildman–Crippen LogP) is 2.23. The minimum atomic E-state index is 0.242. The topological polar surface area (TPSA) is 20.3 Å². The van der Waals surface area contributed by atoms with Gasteiger partial charge in [0.2, 0.25) is 5.91 Å². The predicted molar refractivity (Wildman–Crippen MR) is 58.2 cm³/mol. The van der Waals surface area contributed by atoms with E-state index in [4.69, 9.17) is 0 Å². The number of benzene rings is 1. The van der Waals surface area contributed by atoms with Crippen molar-refractivity contribution < 1.29 is 4.79 Å². The van der Waals surface area contributed by atoms with Crippen LogP contribution in [0.15, 0.2) is 30.3 Å². The Morgan fingerprint density at radius 1 is 1.33 bits per heavy atom. The van der Waals surface area contributed by atoms with E-state index in [0.717, 1.165) is 13.0 Å². The maximum absolute atomic E-state index is 11.9. The van der Waals surface area contributed by atoms with Gasteiger partial charge in [0, 0.05) is 12.5 Å². The molecule has 1 aliphatic heterocycles. The highest BCUT2D eigenvalue weighted by atomic mass is 16.2. The summed E-state index contributed by atoms with van der Waals surface area (Å²) in [6.45, 7) is 3.09. The molecule has 0 spiro atoms. The number of amides is 1. The molecule has 1 aromatic rings. The third kappa shape index (κ3) is 1.36. The monoisotopic (exact) mass is 201 g/mol. The van der Waals surface area contributed by atoms with Crippen LogP contribution in [0.4, 0.5) is 0 Å². The molecule has 0 N–H and O–H groups in total. The molecule has 2 aliphatic rings. The molecule has 1 aliphatic carbocycles. The zero-order valence-electron chi connectivity index (χ0n) is 8.89. The van der Waals surface area contributed by atoms with Crippen LogP contribution >= 0.6 is 0 Å². The summed E-state index contributed by atoms with van der Waals surface area (Å²) in [5, 5.41) is 0. The molecule has 1 saturated carbocycles. The van der Waals surface area contributed by atoms with Crippen molar-refractivity contribution in [3.05, 3.63) is 35.9 Å². The lowest BCUT2D eigenvalue weighted by Gasteiger charge is -2.26. The van der Waals surface area contributed by atoms with Crippen LogP contribution in [0.25, 0.3) is 0 Å². The molecule has 0 unspecified atom stereocenters. The Morgan fingerprint density at radius 2 is 2.07 bits per heavy atom. The van der Waals surface area contributed by atoms with Crippen LogP contribution in [-0.2, 0) is 4.79 Å². The van der Waals surface area contributed by atoms with Gasteiger partial charge in [-0.3, -0.25) is 4.79 Å². The van der Waals surface area contributed by atoms with E-state index in [2.05, 4.69) is 19.1 Å². The summed E-state index contributed by atoms with van der Waals surface area (Å²) in [6, 6.07) is 10.5. The van der Waals surface area contributed by atoms with Gasteiger partial charge in [-0.1, -0.05) is 30.3 Å². The van der Waals surface area contributed by atoms with Gasteiger partial charge in [0.25, 0.3) is 0 Å². The first-order valence-corrected chi connectivity index (χ1v) is 5.63. The zero-order valence-corrected chi connectivity index (χ0v) is 8.89. The maximum atomic E-state index is 11.9. The highest BCUT2D eigenvalue weighted by Crippen LogP contribution is 2.48. The molecule has 0 bridgehead atoms. The molecule has 15 heavy (non-hydrogen) atoms. The molecule has 1 heterocycles. The lowest BCUT2D eigenvalue weighted by atomic mass is 10.1. The number of hydrogen-bond donors (Lipinski definition) is 0. The molecule has 2 fully saturated rings. The van der Waals surface area contributed by atoms with Crippen LogP contribution in [-0.4, -0.2) is 17.4 Å². The van der Waals surface area contributed by atoms with Gasteiger partial charge < -0.3 is 4.90 Å². The first kappa shape index (κ1) is 8.96. The molecule has 78 valence electrons. The van der Waals surface area contributed by atoms with Crippen molar-refractivity contribution in [2.24, 2.45) is 11.8 Å². The van der Waals surface area contributed by atoms with E-state index in [1.54, 1.807) is 0 Å². The third-order valence-corrected chi connectivity index (χ3v) is 3.70. The van der Waals surface area contributed by atoms with Crippen molar-refractivity contribution in [2.75, 3.05) is 6.54 Å². The molecule has 1 saturated heterocycles. The molecule has 1 aromatic carbocycles. The fourth-order valence-corrected chi connectivity index (χ4v) is 2.57. The lowest BCUT2D eigenvalue weighted by molar-refractivity contribution is -0.131. The van der Waals surface area contributed by atoms with E-state index in [1.807, 2.05) is 23.1 Å². The lowest BCUT2D eigenvalue weighted by Crippen LogP contribution is -2.31. The van der Waals surface area contributed by atoms with Crippen molar-refractivity contribution in [1.82, 2.24) is 4.90 Å². The van der Waals surface area contributed by atoms with Crippen LogP contribution in [0.2, 0.25) is 0 Å². The Bertz CT molecular complexity index is 387. The number of piperidine rings is 1. The largest absolute Gasteiger partial charge is 0.335 e. The fraction of sp³-hybridized carbons (Fsp3) is 0.462. The van der Waals surface area contributed by atoms with Gasteiger partial charge >= 0.3 is 0 Å². The van der Waals surface area contributed by atoms with Crippen molar-refractivity contribution in [1.29, 1.82) is 0 Å². The Kier molecular flexibility index (Phi) is 1.84. The molecule has 2 nitrogen and oxygen atoms in total. The Hall–Kier alpha value is -1.31. The van der Waals surface area contributed by atoms with Gasteiger partial charge in [-0.2, -0.15) is 0 Å². The minimum Gasteiger partial charge on any atom is -0.335 e. The zero-order chi connectivity index (χ0) is 10.4. The summed E-state index contributed by atoms with van der Waals surface area (Å²) in [6.07, 6.45) is 1.14. The van der Waals surface area contributed by atoms with Crippen LogP contribution in [0.1, 0.15) is 24.9 Å². The third-order valence-electron chi connectivity index (χ3n) is 3.70. The Morgan fingerprint density at radius 3 is 2.67 bits per heavy atom. The summed E-state index contributed by atoms with van der Waals surface area (Å²) in [5.41, 5.74) is 1.24. The van der Waals surface area contributed by atoms with E-state index in [1.165, 1.54) is 5.56 Å². The van der Waals surface area contributed by atoms with E-state index >= 15 is 0 Å². The van der Waals surface area contributed by atoms with Gasteiger partial charge in [-0.05, 0) is 24.8 Å². The summed E-state index contributed by atoms with van der Waals surface area (Å²) < 4.78 is 0. The van der Waals surface area contributed by atoms with Crippen molar-refractivity contribution in [2.45, 2.75) is 19.4 Å². The van der Waals surface area contributed by atoms with Crippen LogP contribution in [0, 0.1) is 11.8 Å². The molecule has 2 heteroatoms. The summed E-state index contributed by atoms with van der Waals surface area (Å²) in [4.78, 5) is 13.9. The smallest absolute Gasteiger partial charge is 0.226 e. The SMILES string of the molecule is C[C@@H](c1ccccc1)N1C[C@H]2C[C@H]2C1=O. The summed E-state index contributed by atoms with van der Waals surface area (Å²) in [7, 11) is 0. The molecule has 0 aromatic heterocycles. The van der Waals surface area contributed by atoms with E-state index in [0.29, 0.717) is 17.7 Å². The van der Waals surface area contributed by atoms with Gasteiger partial charge in [-0.25, -0.2) is 0 Å². The molecular weight excluding hydrogens is 186 g/mol. The van der Waals surface area contributed by atoms with Crippen molar-refractivity contribution in [3.8, 4) is 0 Å². The average molecular weight is 201 g/mol. The number of fused-ring (bicyclic) bond motifs is 1. The van der Waals surface area contributed by atoms with Gasteiger partial charge in [0.15, 0.2) is 0 Å². The van der Waals surface area contributed by atoms with Crippen molar-refractivity contribution >= 4 is 5.91 Å². The van der Waals surface area contributed by atoms with Crippen LogP contribution in [0.3, 0.4) is 0 Å². The molecular formula is C13H15NO. The Labute approximate surface area is 89.9 Å². The molecule has 3 atom stereocenters. The summed E-state index contributed by atoms with van der Waals surface area (Å²) >= 11 is 0. The standard InChI is InChI=1S/C13H15NO/c1-9(10-5-3-2-4-6-10)14-8-11-7-12(11)13(14)15/h2-6,9,11-12H,7-8H2,1H3/t9-,11+,12+/m0/s1. The highest BCUT2D eigenvalue weighted by Gasteiger charge is 2.53. The van der Waals surface area contributed by atoms with E-state index in [9.17, 15) is 4.79 Å². The second kappa shape index (κ2) is 3.09. The number of carbonyl (C=O) groups is 1. The molecule has 3 rings (SSSR count). The Balaban J connectivity index is 1.81. The first-order valence-electron chi connectivity index (χ1n) is 5.63. The number of rotatable bonds is 2.